The molecule has 6 heteroatoms. The van der Waals surface area contributed by atoms with Crippen molar-refractivity contribution in [2.75, 3.05) is 13.7 Å². The first-order valence-corrected chi connectivity index (χ1v) is 8.80. The van der Waals surface area contributed by atoms with E-state index in [1.807, 2.05) is 36.4 Å². The molecule has 0 saturated carbocycles. The molecule has 0 atom stereocenters. The fourth-order valence-corrected chi connectivity index (χ4v) is 2.77. The number of aromatic nitrogens is 3. The number of carbonyl (C=O) groups excluding carboxylic acids is 1. The van der Waals surface area contributed by atoms with Crippen molar-refractivity contribution in [3.8, 4) is 11.3 Å². The molecule has 0 saturated heterocycles. The number of hydrogen-bond acceptors (Lipinski definition) is 4. The first-order chi connectivity index (χ1) is 12.6. The molecule has 2 aromatic heterocycles. The minimum Gasteiger partial charge on any atom is -0.378 e. The number of fused-ring (bicyclic) bond motifs is 1. The van der Waals surface area contributed by atoms with Gasteiger partial charge in [0.2, 0.25) is 0 Å². The molecule has 0 aliphatic heterocycles. The Bertz CT molecular complexity index is 887. The molecule has 0 aliphatic rings. The summed E-state index contributed by atoms with van der Waals surface area (Å²) < 4.78 is 7.01. The Morgan fingerprint density at radius 2 is 2.04 bits per heavy atom. The average molecular weight is 352 g/mol. The van der Waals surface area contributed by atoms with Crippen molar-refractivity contribution >= 4 is 11.6 Å². The van der Waals surface area contributed by atoms with Gasteiger partial charge in [-0.2, -0.15) is 5.10 Å². The van der Waals surface area contributed by atoms with Gasteiger partial charge in [0.25, 0.3) is 5.91 Å². The zero-order valence-electron chi connectivity index (χ0n) is 15.4. The molecule has 0 bridgehead atoms. The molecule has 3 rings (SSSR count). The Morgan fingerprint density at radius 1 is 1.27 bits per heavy atom. The summed E-state index contributed by atoms with van der Waals surface area (Å²) in [6.07, 6.45) is 2.53. The highest BCUT2D eigenvalue weighted by molar-refractivity contribution is 5.95. The van der Waals surface area contributed by atoms with Crippen LogP contribution in [0, 0.1) is 5.92 Å². The van der Waals surface area contributed by atoms with Crippen molar-refractivity contribution in [2.24, 2.45) is 5.92 Å². The van der Waals surface area contributed by atoms with Crippen LogP contribution in [0.1, 0.15) is 36.3 Å². The average Bonchev–Trinajstić information content (AvgIpc) is 3.07. The molecule has 1 aromatic carbocycles. The van der Waals surface area contributed by atoms with Gasteiger partial charge in [-0.1, -0.05) is 44.2 Å². The Morgan fingerprint density at radius 3 is 2.73 bits per heavy atom. The van der Waals surface area contributed by atoms with E-state index < -0.39 is 0 Å². The minimum absolute atomic E-state index is 0.149. The second-order valence-corrected chi connectivity index (χ2v) is 6.66. The van der Waals surface area contributed by atoms with Gasteiger partial charge in [0.05, 0.1) is 23.6 Å². The van der Waals surface area contributed by atoms with Gasteiger partial charge in [-0.25, -0.2) is 9.50 Å². The highest BCUT2D eigenvalue weighted by atomic mass is 16.5. The molecule has 1 amide bonds. The van der Waals surface area contributed by atoms with Gasteiger partial charge in [0.15, 0.2) is 5.65 Å². The van der Waals surface area contributed by atoms with E-state index in [1.54, 1.807) is 17.8 Å². The van der Waals surface area contributed by atoms with Crippen LogP contribution in [-0.2, 0) is 11.3 Å². The van der Waals surface area contributed by atoms with Crippen LogP contribution in [-0.4, -0.2) is 34.2 Å². The Labute approximate surface area is 153 Å². The van der Waals surface area contributed by atoms with E-state index in [0.717, 1.165) is 17.7 Å². The van der Waals surface area contributed by atoms with Crippen LogP contribution in [0.2, 0.25) is 0 Å². The largest absolute Gasteiger partial charge is 0.378 e. The third-order valence-electron chi connectivity index (χ3n) is 4.19. The predicted octanol–water partition coefficient (Wildman–Crippen LogP) is 3.32. The van der Waals surface area contributed by atoms with Crippen LogP contribution in [0.25, 0.3) is 16.9 Å². The first kappa shape index (κ1) is 18.1. The summed E-state index contributed by atoms with van der Waals surface area (Å²) in [4.78, 5) is 17.0. The van der Waals surface area contributed by atoms with Gasteiger partial charge in [0.1, 0.15) is 0 Å². The molecule has 136 valence electrons. The van der Waals surface area contributed by atoms with Gasteiger partial charge < -0.3 is 10.1 Å². The molecule has 26 heavy (non-hydrogen) atoms. The van der Waals surface area contributed by atoms with Crippen LogP contribution in [0.4, 0.5) is 0 Å². The van der Waals surface area contributed by atoms with Gasteiger partial charge in [-0.15, -0.1) is 0 Å². The number of carbonyl (C=O) groups is 1. The number of amides is 1. The third-order valence-corrected chi connectivity index (χ3v) is 4.19. The summed E-state index contributed by atoms with van der Waals surface area (Å²) in [7, 11) is 1.61. The summed E-state index contributed by atoms with van der Waals surface area (Å²) in [5, 5.41) is 7.60. The summed E-state index contributed by atoms with van der Waals surface area (Å²) in [6.45, 7) is 5.17. The van der Waals surface area contributed by atoms with Crippen LogP contribution >= 0.6 is 0 Å². The monoisotopic (exact) mass is 352 g/mol. The maximum absolute atomic E-state index is 12.6. The molecule has 3 aromatic rings. The number of methoxy groups -OCH3 is 1. The summed E-state index contributed by atoms with van der Waals surface area (Å²) in [5.74, 6) is 0.387. The molecular weight excluding hydrogens is 328 g/mol. The highest BCUT2D eigenvalue weighted by Crippen LogP contribution is 2.21. The molecule has 6 nitrogen and oxygen atoms in total. The number of benzene rings is 1. The van der Waals surface area contributed by atoms with Crippen LogP contribution < -0.4 is 5.32 Å². The highest BCUT2D eigenvalue weighted by Gasteiger charge is 2.17. The summed E-state index contributed by atoms with van der Waals surface area (Å²) in [6, 6.07) is 11.8. The number of rotatable bonds is 7. The molecule has 0 aliphatic carbocycles. The lowest BCUT2D eigenvalue weighted by Gasteiger charge is -2.11. The van der Waals surface area contributed by atoms with E-state index in [2.05, 4.69) is 29.2 Å². The molecule has 0 radical (unpaired) electrons. The minimum atomic E-state index is -0.149. The van der Waals surface area contributed by atoms with E-state index in [0.29, 0.717) is 29.4 Å². The molecule has 0 unspecified atom stereocenters. The van der Waals surface area contributed by atoms with E-state index in [1.165, 1.54) is 0 Å². The van der Waals surface area contributed by atoms with E-state index in [-0.39, 0.29) is 12.5 Å². The van der Waals surface area contributed by atoms with E-state index in [9.17, 15) is 4.79 Å². The topological polar surface area (TPSA) is 68.5 Å². The Hall–Kier alpha value is -2.73. The Kier molecular flexibility index (Phi) is 5.63. The van der Waals surface area contributed by atoms with E-state index >= 15 is 0 Å². The van der Waals surface area contributed by atoms with Crippen molar-refractivity contribution in [3.63, 3.8) is 0 Å². The van der Waals surface area contributed by atoms with Gasteiger partial charge >= 0.3 is 0 Å². The van der Waals surface area contributed by atoms with Crippen molar-refractivity contribution in [1.82, 2.24) is 19.9 Å². The first-order valence-electron chi connectivity index (χ1n) is 8.80. The second kappa shape index (κ2) is 8.10. The van der Waals surface area contributed by atoms with Crippen molar-refractivity contribution in [1.29, 1.82) is 0 Å². The fraction of sp³-hybridized carbons (Fsp3) is 0.350. The van der Waals surface area contributed by atoms with Gasteiger partial charge in [0, 0.05) is 31.5 Å². The zero-order valence-corrected chi connectivity index (χ0v) is 15.4. The fourth-order valence-electron chi connectivity index (χ4n) is 2.77. The lowest BCUT2D eigenvalue weighted by molar-refractivity contribution is 0.0945. The SMILES string of the molecule is COCc1c(C(=O)NCCC(C)C)cnc2cc(-c3ccccc3)nn12. The molecular formula is C20H24N4O2. The van der Waals surface area contributed by atoms with Gasteiger partial charge in [-0.3, -0.25) is 4.79 Å². The quantitative estimate of drug-likeness (QED) is 0.708. The van der Waals surface area contributed by atoms with Crippen LogP contribution in [0.5, 0.6) is 0 Å². The third kappa shape index (κ3) is 3.91. The maximum atomic E-state index is 12.6. The lowest BCUT2D eigenvalue weighted by atomic mass is 10.1. The maximum Gasteiger partial charge on any atom is 0.254 e. The number of hydrogen-bond donors (Lipinski definition) is 1. The van der Waals surface area contributed by atoms with Crippen molar-refractivity contribution in [3.05, 3.63) is 53.9 Å². The lowest BCUT2D eigenvalue weighted by Crippen LogP contribution is -2.27. The van der Waals surface area contributed by atoms with Crippen LogP contribution in [0.15, 0.2) is 42.6 Å². The number of ether oxygens (including phenoxy) is 1. The second-order valence-electron chi connectivity index (χ2n) is 6.66. The standard InChI is InChI=1S/C20H24N4O2/c1-14(2)9-10-21-20(25)16-12-22-19-11-17(15-7-5-4-6-8-15)23-24(19)18(16)13-26-3/h4-8,11-12,14H,9-10,13H2,1-3H3,(H,21,25). The molecule has 1 N–H and O–H groups in total. The molecule has 0 spiro atoms. The van der Waals surface area contributed by atoms with Crippen molar-refractivity contribution in [2.45, 2.75) is 26.9 Å². The molecule has 2 heterocycles. The smallest absolute Gasteiger partial charge is 0.254 e. The number of nitrogens with zero attached hydrogens (tertiary/aromatic N) is 3. The van der Waals surface area contributed by atoms with Crippen molar-refractivity contribution < 1.29 is 9.53 Å². The number of nitrogens with one attached hydrogen (secondary N) is 1. The summed E-state index contributed by atoms with van der Waals surface area (Å²) >= 11 is 0. The van der Waals surface area contributed by atoms with Crippen LogP contribution in [0.3, 0.4) is 0 Å². The molecule has 0 fully saturated rings. The normalized spacial score (nSPS) is 11.2. The van der Waals surface area contributed by atoms with E-state index in [4.69, 9.17) is 4.74 Å². The van der Waals surface area contributed by atoms with Gasteiger partial charge in [-0.05, 0) is 12.3 Å². The summed E-state index contributed by atoms with van der Waals surface area (Å²) in [5.41, 5.74) is 3.69. The predicted molar refractivity (Wildman–Crippen MR) is 101 cm³/mol. The Balaban J connectivity index is 1.96. The zero-order chi connectivity index (χ0) is 18.5.